The van der Waals surface area contributed by atoms with Crippen LogP contribution in [0.4, 0.5) is 13.2 Å². The van der Waals surface area contributed by atoms with Crippen molar-refractivity contribution in [2.75, 3.05) is 11.5 Å². The van der Waals surface area contributed by atoms with Crippen LogP contribution in [-0.2, 0) is 6.18 Å². The maximum absolute atomic E-state index is 12.7. The second kappa shape index (κ2) is 6.18. The molecule has 1 N–H and O–H groups in total. The Morgan fingerprint density at radius 2 is 1.95 bits per heavy atom. The summed E-state index contributed by atoms with van der Waals surface area (Å²) in [6.07, 6.45) is -2.08. The molecule has 1 unspecified atom stereocenters. The summed E-state index contributed by atoms with van der Waals surface area (Å²) < 4.78 is 38.0. The first kappa shape index (κ1) is 14.7. The maximum Gasteiger partial charge on any atom is 0.416 e. The topological polar surface area (TPSA) is 12.0 Å². The molecule has 19 heavy (non-hydrogen) atoms. The SMILES string of the molecule is CC(NC1CCSCC1)c1cccc(C(F)(F)F)c1. The Morgan fingerprint density at radius 1 is 1.26 bits per heavy atom. The quantitative estimate of drug-likeness (QED) is 0.892. The van der Waals surface area contributed by atoms with Crippen LogP contribution in [0.15, 0.2) is 24.3 Å². The fraction of sp³-hybridized carbons (Fsp3) is 0.571. The lowest BCUT2D eigenvalue weighted by molar-refractivity contribution is -0.137. The van der Waals surface area contributed by atoms with Crippen LogP contribution in [0.1, 0.15) is 36.9 Å². The minimum absolute atomic E-state index is 0.0459. The van der Waals surface area contributed by atoms with Crippen molar-refractivity contribution in [3.05, 3.63) is 35.4 Å². The lowest BCUT2D eigenvalue weighted by Gasteiger charge is -2.27. The Morgan fingerprint density at radius 3 is 2.58 bits per heavy atom. The molecule has 5 heteroatoms. The van der Waals surface area contributed by atoms with Crippen LogP contribution in [0.5, 0.6) is 0 Å². The van der Waals surface area contributed by atoms with Crippen LogP contribution in [0.25, 0.3) is 0 Å². The molecule has 0 radical (unpaired) electrons. The van der Waals surface area contributed by atoms with E-state index in [1.807, 2.05) is 18.7 Å². The summed E-state index contributed by atoms with van der Waals surface area (Å²) in [6.45, 7) is 1.93. The number of halogens is 3. The molecule has 1 aromatic carbocycles. The van der Waals surface area contributed by atoms with Gasteiger partial charge in [-0.3, -0.25) is 0 Å². The van der Waals surface area contributed by atoms with Gasteiger partial charge < -0.3 is 5.32 Å². The third kappa shape index (κ3) is 4.14. The van der Waals surface area contributed by atoms with Crippen molar-refractivity contribution in [2.45, 2.75) is 38.0 Å². The molecular weight excluding hydrogens is 271 g/mol. The first-order valence-electron chi connectivity index (χ1n) is 6.48. The highest BCUT2D eigenvalue weighted by Gasteiger charge is 2.30. The fourth-order valence-electron chi connectivity index (χ4n) is 2.30. The van der Waals surface area contributed by atoms with E-state index in [9.17, 15) is 13.2 Å². The van der Waals surface area contributed by atoms with Crippen molar-refractivity contribution in [2.24, 2.45) is 0 Å². The fourth-order valence-corrected chi connectivity index (χ4v) is 3.40. The normalized spacial score (nSPS) is 19.4. The molecule has 0 aromatic heterocycles. The van der Waals surface area contributed by atoms with Gasteiger partial charge in [0.25, 0.3) is 0 Å². The summed E-state index contributed by atoms with van der Waals surface area (Å²) >= 11 is 1.94. The third-order valence-corrected chi connectivity index (χ3v) is 4.47. The van der Waals surface area contributed by atoms with Crippen LogP contribution in [0.3, 0.4) is 0 Å². The lowest BCUT2D eigenvalue weighted by Crippen LogP contribution is -2.34. The van der Waals surface area contributed by atoms with Crippen LogP contribution in [0, 0.1) is 0 Å². The lowest BCUT2D eigenvalue weighted by atomic mass is 10.0. The smallest absolute Gasteiger partial charge is 0.307 e. The van der Waals surface area contributed by atoms with E-state index < -0.39 is 11.7 Å². The number of rotatable bonds is 3. The Kier molecular flexibility index (Phi) is 4.79. The highest BCUT2D eigenvalue weighted by molar-refractivity contribution is 7.99. The van der Waals surface area contributed by atoms with Gasteiger partial charge in [-0.15, -0.1) is 0 Å². The molecule has 1 saturated heterocycles. The molecule has 1 atom stereocenters. The molecule has 1 heterocycles. The van der Waals surface area contributed by atoms with Crippen molar-refractivity contribution < 1.29 is 13.2 Å². The van der Waals surface area contributed by atoms with E-state index in [1.54, 1.807) is 6.07 Å². The molecular formula is C14H18F3NS. The molecule has 1 aliphatic heterocycles. The Labute approximate surface area is 116 Å². The average molecular weight is 289 g/mol. The molecule has 2 rings (SSSR count). The van der Waals surface area contributed by atoms with Crippen molar-refractivity contribution in [1.82, 2.24) is 5.32 Å². The Hall–Kier alpha value is -0.680. The first-order valence-corrected chi connectivity index (χ1v) is 7.63. The standard InChI is InChI=1S/C14H18F3NS/c1-10(18-13-5-7-19-8-6-13)11-3-2-4-12(9-11)14(15,16)17/h2-4,9-10,13,18H,5-8H2,1H3. The van der Waals surface area contributed by atoms with E-state index in [0.717, 1.165) is 30.4 Å². The summed E-state index contributed by atoms with van der Waals surface area (Å²) in [4.78, 5) is 0. The number of hydrogen-bond donors (Lipinski definition) is 1. The first-order chi connectivity index (χ1) is 8.97. The van der Waals surface area contributed by atoms with Gasteiger partial charge in [0.1, 0.15) is 0 Å². The van der Waals surface area contributed by atoms with E-state index >= 15 is 0 Å². The molecule has 0 spiro atoms. The van der Waals surface area contributed by atoms with Gasteiger partial charge in [0.15, 0.2) is 0 Å². The van der Waals surface area contributed by atoms with Gasteiger partial charge >= 0.3 is 6.18 Å². The number of benzene rings is 1. The molecule has 0 saturated carbocycles. The van der Waals surface area contributed by atoms with Gasteiger partial charge in [0.05, 0.1) is 5.56 Å². The largest absolute Gasteiger partial charge is 0.416 e. The number of alkyl halides is 3. The van der Waals surface area contributed by atoms with Crippen molar-refractivity contribution in [3.8, 4) is 0 Å². The molecule has 0 aliphatic carbocycles. The van der Waals surface area contributed by atoms with E-state index in [0.29, 0.717) is 11.6 Å². The minimum atomic E-state index is -4.27. The summed E-state index contributed by atoms with van der Waals surface area (Å²) in [5.74, 6) is 2.26. The predicted octanol–water partition coefficient (Wildman–Crippen LogP) is 4.25. The zero-order valence-electron chi connectivity index (χ0n) is 10.8. The highest BCUT2D eigenvalue weighted by atomic mass is 32.2. The van der Waals surface area contributed by atoms with E-state index in [-0.39, 0.29) is 6.04 Å². The predicted molar refractivity (Wildman–Crippen MR) is 73.3 cm³/mol. The van der Waals surface area contributed by atoms with Gasteiger partial charge in [-0.1, -0.05) is 12.1 Å². The van der Waals surface area contributed by atoms with Crippen LogP contribution in [0.2, 0.25) is 0 Å². The summed E-state index contributed by atoms with van der Waals surface area (Å²) in [5.41, 5.74) is 0.130. The van der Waals surface area contributed by atoms with Crippen LogP contribution < -0.4 is 5.32 Å². The second-order valence-corrected chi connectivity index (χ2v) is 6.12. The summed E-state index contributed by atoms with van der Waals surface area (Å²) in [6, 6.07) is 5.97. The minimum Gasteiger partial charge on any atom is -0.307 e. The number of hydrogen-bond acceptors (Lipinski definition) is 2. The van der Waals surface area contributed by atoms with Crippen molar-refractivity contribution in [1.29, 1.82) is 0 Å². The van der Waals surface area contributed by atoms with E-state index in [1.165, 1.54) is 12.1 Å². The van der Waals surface area contributed by atoms with Gasteiger partial charge in [-0.05, 0) is 49.0 Å². The van der Waals surface area contributed by atoms with Gasteiger partial charge in [-0.25, -0.2) is 0 Å². The van der Waals surface area contributed by atoms with Crippen LogP contribution >= 0.6 is 11.8 Å². The zero-order chi connectivity index (χ0) is 13.9. The van der Waals surface area contributed by atoms with E-state index in [2.05, 4.69) is 5.32 Å². The zero-order valence-corrected chi connectivity index (χ0v) is 11.7. The second-order valence-electron chi connectivity index (χ2n) is 4.90. The highest BCUT2D eigenvalue weighted by Crippen LogP contribution is 2.31. The average Bonchev–Trinajstić information content (AvgIpc) is 2.39. The maximum atomic E-state index is 12.7. The molecule has 0 bridgehead atoms. The van der Waals surface area contributed by atoms with Crippen molar-refractivity contribution in [3.63, 3.8) is 0 Å². The van der Waals surface area contributed by atoms with Gasteiger partial charge in [0.2, 0.25) is 0 Å². The molecule has 1 aliphatic rings. The van der Waals surface area contributed by atoms with Crippen LogP contribution in [-0.4, -0.2) is 17.5 Å². The third-order valence-electron chi connectivity index (χ3n) is 3.42. The molecule has 1 aromatic rings. The Balaban J connectivity index is 2.04. The number of thioether (sulfide) groups is 1. The summed E-state index contributed by atoms with van der Waals surface area (Å²) in [5, 5.41) is 3.43. The number of nitrogens with one attached hydrogen (secondary N) is 1. The Bertz CT molecular complexity index is 413. The van der Waals surface area contributed by atoms with Crippen molar-refractivity contribution >= 4 is 11.8 Å². The molecule has 106 valence electrons. The summed E-state index contributed by atoms with van der Waals surface area (Å²) in [7, 11) is 0. The molecule has 0 amide bonds. The molecule has 1 fully saturated rings. The molecule has 1 nitrogen and oxygen atoms in total. The van der Waals surface area contributed by atoms with Gasteiger partial charge in [0, 0.05) is 12.1 Å². The monoisotopic (exact) mass is 289 g/mol. The van der Waals surface area contributed by atoms with E-state index in [4.69, 9.17) is 0 Å². The van der Waals surface area contributed by atoms with Gasteiger partial charge in [-0.2, -0.15) is 24.9 Å².